The van der Waals surface area contributed by atoms with Crippen LogP contribution in [0.25, 0.3) is 5.52 Å². The van der Waals surface area contributed by atoms with E-state index >= 15 is 0 Å². The quantitative estimate of drug-likeness (QED) is 0.518. The molecule has 5 heterocycles. The molecule has 10 heteroatoms. The van der Waals surface area contributed by atoms with Gasteiger partial charge in [0, 0.05) is 30.8 Å². The third kappa shape index (κ3) is 2.93. The molecule has 0 aromatic carbocycles. The second-order valence-electron chi connectivity index (χ2n) is 7.38. The summed E-state index contributed by atoms with van der Waals surface area (Å²) in [6.45, 7) is 4.39. The van der Waals surface area contributed by atoms with Gasteiger partial charge in [-0.05, 0) is 17.4 Å². The lowest BCUT2D eigenvalue weighted by Gasteiger charge is -2.32. The summed E-state index contributed by atoms with van der Waals surface area (Å²) in [5.74, 6) is 0.181. The maximum absolute atomic E-state index is 13.3. The molecular formula is C19H20N7O2P. The van der Waals surface area contributed by atoms with Gasteiger partial charge in [-0.3, -0.25) is 4.79 Å². The van der Waals surface area contributed by atoms with Gasteiger partial charge in [-0.15, -0.1) is 19.4 Å². The lowest BCUT2D eigenvalue weighted by Crippen LogP contribution is -2.41. The first-order valence-corrected chi connectivity index (χ1v) is 10.0. The van der Waals surface area contributed by atoms with Crippen LogP contribution < -0.4 is 5.30 Å². The number of pyridine rings is 1. The summed E-state index contributed by atoms with van der Waals surface area (Å²) in [5.41, 5.74) is 3.50. The lowest BCUT2D eigenvalue weighted by atomic mass is 9.99. The van der Waals surface area contributed by atoms with E-state index in [1.54, 1.807) is 11.2 Å². The minimum absolute atomic E-state index is 0.00631. The molecule has 0 bridgehead atoms. The predicted molar refractivity (Wildman–Crippen MR) is 108 cm³/mol. The molecule has 0 radical (unpaired) electrons. The zero-order chi connectivity index (χ0) is 20.1. The largest absolute Gasteiger partial charge is 0.417 e. The molecule has 0 aliphatic carbocycles. The van der Waals surface area contributed by atoms with Crippen molar-refractivity contribution >= 4 is 26.0 Å². The number of fused-ring (bicyclic) bond motifs is 2. The topological polar surface area (TPSA) is 105 Å². The van der Waals surface area contributed by atoms with E-state index in [0.717, 1.165) is 27.9 Å². The van der Waals surface area contributed by atoms with Gasteiger partial charge in [0.2, 0.25) is 5.89 Å². The van der Waals surface area contributed by atoms with Crippen molar-refractivity contribution in [2.45, 2.75) is 32.2 Å². The number of hydrogen-bond donors (Lipinski definition) is 1. The van der Waals surface area contributed by atoms with Crippen LogP contribution in [0.2, 0.25) is 0 Å². The molecule has 4 aromatic rings. The number of nitrogens with one attached hydrogen (secondary N) is 1. The fraction of sp³-hybridized carbons (Fsp3) is 0.316. The van der Waals surface area contributed by atoms with E-state index < -0.39 is 6.04 Å². The molecule has 4 aromatic heterocycles. The molecule has 1 N–H and O–H groups in total. The molecule has 148 valence electrons. The number of carbonyl (C=O) groups excluding carboxylic acids is 1. The predicted octanol–water partition coefficient (Wildman–Crippen LogP) is 1.85. The summed E-state index contributed by atoms with van der Waals surface area (Å²) < 4.78 is 7.43. The van der Waals surface area contributed by atoms with Crippen molar-refractivity contribution in [3.05, 3.63) is 59.6 Å². The monoisotopic (exact) mass is 409 g/mol. The summed E-state index contributed by atoms with van der Waals surface area (Å²) in [7, 11) is 2.71. The summed E-state index contributed by atoms with van der Waals surface area (Å²) in [6, 6.07) is 5.49. The highest BCUT2D eigenvalue weighted by atomic mass is 31.0. The van der Waals surface area contributed by atoms with E-state index in [-0.39, 0.29) is 17.7 Å². The van der Waals surface area contributed by atoms with Gasteiger partial charge in [0.15, 0.2) is 0 Å². The molecule has 0 saturated carbocycles. The number of carbonyl (C=O) groups is 1. The number of imidazole rings is 1. The number of amides is 1. The Morgan fingerprint density at radius 1 is 1.38 bits per heavy atom. The molecule has 2 atom stereocenters. The third-order valence-corrected chi connectivity index (χ3v) is 5.63. The van der Waals surface area contributed by atoms with Gasteiger partial charge >= 0.3 is 11.8 Å². The Morgan fingerprint density at radius 3 is 3.00 bits per heavy atom. The molecule has 1 unspecified atom stereocenters. The highest BCUT2D eigenvalue weighted by Gasteiger charge is 2.38. The maximum Gasteiger partial charge on any atom is 0.312 e. The zero-order valence-corrected chi connectivity index (χ0v) is 17.2. The van der Waals surface area contributed by atoms with Crippen molar-refractivity contribution in [2.75, 3.05) is 6.54 Å². The number of H-pyrrole nitrogens is 1. The van der Waals surface area contributed by atoms with Crippen molar-refractivity contribution in [1.29, 1.82) is 0 Å². The smallest absolute Gasteiger partial charge is 0.312 e. The molecule has 0 spiro atoms. The number of rotatable bonds is 3. The highest BCUT2D eigenvalue weighted by molar-refractivity contribution is 7.28. The van der Waals surface area contributed by atoms with Gasteiger partial charge in [0.05, 0.1) is 23.2 Å². The van der Waals surface area contributed by atoms with Gasteiger partial charge < -0.3 is 14.3 Å². The molecular weight excluding hydrogens is 389 g/mol. The zero-order valence-electron chi connectivity index (χ0n) is 16.0. The Kier molecular flexibility index (Phi) is 4.20. The van der Waals surface area contributed by atoms with Gasteiger partial charge in [-0.1, -0.05) is 19.9 Å². The third-order valence-electron chi connectivity index (χ3n) is 5.14. The second kappa shape index (κ2) is 6.77. The van der Waals surface area contributed by atoms with Crippen molar-refractivity contribution in [3.8, 4) is 0 Å². The number of aromatic amines is 1. The van der Waals surface area contributed by atoms with Crippen LogP contribution >= 0.6 is 9.24 Å². The Bertz CT molecular complexity index is 1210. The molecule has 9 nitrogen and oxygen atoms in total. The van der Waals surface area contributed by atoms with E-state index in [9.17, 15) is 4.79 Å². The molecule has 1 aliphatic rings. The van der Waals surface area contributed by atoms with Crippen LogP contribution in [0, 0.1) is 0 Å². The van der Waals surface area contributed by atoms with E-state index in [1.807, 2.05) is 42.8 Å². The maximum atomic E-state index is 13.3. The minimum atomic E-state index is -0.434. The van der Waals surface area contributed by atoms with Crippen LogP contribution in [0.1, 0.15) is 59.5 Å². The van der Waals surface area contributed by atoms with E-state index in [4.69, 9.17) is 9.52 Å². The van der Waals surface area contributed by atoms with Gasteiger partial charge in [0.25, 0.3) is 0 Å². The Morgan fingerprint density at radius 2 is 2.24 bits per heavy atom. The fourth-order valence-corrected chi connectivity index (χ4v) is 3.99. The summed E-state index contributed by atoms with van der Waals surface area (Å²) in [6.07, 6.45) is 4.22. The van der Waals surface area contributed by atoms with Gasteiger partial charge in [-0.25, -0.2) is 9.50 Å². The van der Waals surface area contributed by atoms with Gasteiger partial charge in [0.1, 0.15) is 6.04 Å². The standard InChI is InChI=1S/C19H20N7O2P/c1-10(2)17-22-23-18(28-17)19(27)25-7-5-11-15(21-9-20-11)16(25)12-8-13-14(29)4-3-6-26(13)24-12/h3-4,6,8-10,16H,5,7,29H2,1-2H3,(H,20,21)/t16-/m1/s1. The number of hydrogen-bond acceptors (Lipinski definition) is 6. The van der Waals surface area contributed by atoms with E-state index in [1.165, 1.54) is 0 Å². The average molecular weight is 409 g/mol. The van der Waals surface area contributed by atoms with Crippen LogP contribution in [0.3, 0.4) is 0 Å². The van der Waals surface area contributed by atoms with Crippen molar-refractivity contribution in [2.24, 2.45) is 0 Å². The number of nitrogens with zero attached hydrogens (tertiary/aromatic N) is 6. The van der Waals surface area contributed by atoms with Crippen LogP contribution in [0.15, 0.2) is 35.1 Å². The first-order valence-electron chi connectivity index (χ1n) is 9.43. The molecule has 0 fully saturated rings. The van der Waals surface area contributed by atoms with E-state index in [2.05, 4.69) is 29.4 Å². The normalized spacial score (nSPS) is 16.6. The first kappa shape index (κ1) is 18.0. The summed E-state index contributed by atoms with van der Waals surface area (Å²) in [4.78, 5) is 22.7. The van der Waals surface area contributed by atoms with E-state index in [0.29, 0.717) is 18.9 Å². The molecule has 0 saturated heterocycles. The first-order chi connectivity index (χ1) is 14.0. The molecule has 1 aliphatic heterocycles. The molecule has 5 rings (SSSR count). The van der Waals surface area contributed by atoms with Crippen molar-refractivity contribution in [1.82, 2.24) is 34.7 Å². The van der Waals surface area contributed by atoms with Crippen molar-refractivity contribution in [3.63, 3.8) is 0 Å². The Labute approximate surface area is 168 Å². The SMILES string of the molecule is CC(C)c1nnc(C(=O)N2CCc3[nH]cnc3[C@H]2c2cc3c(P)cccn3n2)o1. The minimum Gasteiger partial charge on any atom is -0.417 e. The summed E-state index contributed by atoms with van der Waals surface area (Å²) >= 11 is 0. The molecule has 29 heavy (non-hydrogen) atoms. The molecule has 1 amide bonds. The van der Waals surface area contributed by atoms with Crippen LogP contribution in [0.4, 0.5) is 0 Å². The van der Waals surface area contributed by atoms with Crippen LogP contribution in [-0.2, 0) is 6.42 Å². The lowest BCUT2D eigenvalue weighted by molar-refractivity contribution is 0.0643. The number of aromatic nitrogens is 6. The highest BCUT2D eigenvalue weighted by Crippen LogP contribution is 2.34. The van der Waals surface area contributed by atoms with Crippen LogP contribution in [-0.4, -0.2) is 47.1 Å². The van der Waals surface area contributed by atoms with Crippen LogP contribution in [0.5, 0.6) is 0 Å². The fourth-order valence-electron chi connectivity index (χ4n) is 3.66. The van der Waals surface area contributed by atoms with Crippen molar-refractivity contribution < 1.29 is 9.21 Å². The van der Waals surface area contributed by atoms with Gasteiger partial charge in [-0.2, -0.15) is 5.10 Å². The Balaban J connectivity index is 1.60. The average Bonchev–Trinajstić information content (AvgIpc) is 3.44. The Hall–Kier alpha value is -3.06. The second-order valence-corrected chi connectivity index (χ2v) is 8.00. The summed E-state index contributed by atoms with van der Waals surface area (Å²) in [5, 5.41) is 13.7.